The van der Waals surface area contributed by atoms with Crippen LogP contribution in [0.4, 0.5) is 11.4 Å². The molecule has 0 atom stereocenters. The van der Waals surface area contributed by atoms with Crippen LogP contribution in [0.25, 0.3) is 0 Å². The first-order valence-corrected chi connectivity index (χ1v) is 18.6. The van der Waals surface area contributed by atoms with Gasteiger partial charge in [0.15, 0.2) is 5.71 Å². The second-order valence-corrected chi connectivity index (χ2v) is 16.2. The zero-order chi connectivity index (χ0) is 34.7. The van der Waals surface area contributed by atoms with E-state index in [9.17, 15) is 13.0 Å². The third kappa shape index (κ3) is 7.79. The molecule has 0 bridgehead atoms. The molecule has 0 saturated heterocycles. The van der Waals surface area contributed by atoms with Crippen molar-refractivity contribution in [1.82, 2.24) is 0 Å². The number of hydrogen-bond acceptors (Lipinski definition) is 7. The molecule has 2 heterocycles. The highest BCUT2D eigenvalue weighted by molar-refractivity contribution is 7.94. The van der Waals surface area contributed by atoms with Crippen molar-refractivity contribution in [3.05, 3.63) is 82.6 Å². The minimum Gasteiger partial charge on any atom is -0.344 e. The van der Waals surface area contributed by atoms with Gasteiger partial charge in [-0.2, -0.15) is 13.0 Å². The van der Waals surface area contributed by atoms with Crippen LogP contribution in [0.3, 0.4) is 0 Å². The molecule has 0 radical (unpaired) electrons. The number of aryl methyl sites for hydroxylation is 2. The van der Waals surface area contributed by atoms with Crippen LogP contribution in [-0.2, 0) is 30.3 Å². The van der Waals surface area contributed by atoms with Crippen molar-refractivity contribution in [2.45, 2.75) is 109 Å². The van der Waals surface area contributed by atoms with Crippen molar-refractivity contribution in [2.24, 2.45) is 5.92 Å². The van der Waals surface area contributed by atoms with Gasteiger partial charge in [0.2, 0.25) is 5.69 Å². The smallest absolute Gasteiger partial charge is 0.294 e. The Morgan fingerprint density at radius 1 is 0.957 bits per heavy atom. The molecule has 2 aromatic rings. The van der Waals surface area contributed by atoms with Gasteiger partial charge < -0.3 is 4.90 Å². The fraction of sp³-hybridized carbons (Fsp3) is 0.486. The normalized spacial score (nSPS) is 18.0. The Morgan fingerprint density at radius 3 is 2.32 bits per heavy atom. The van der Waals surface area contributed by atoms with Crippen LogP contribution in [-0.4, -0.2) is 41.6 Å². The van der Waals surface area contributed by atoms with E-state index in [1.807, 2.05) is 25.1 Å². The predicted molar refractivity (Wildman–Crippen MR) is 191 cm³/mol. The lowest BCUT2D eigenvalue weighted by atomic mass is 9.81. The fourth-order valence-corrected chi connectivity index (χ4v) is 8.15. The Morgan fingerprint density at radius 2 is 1.68 bits per heavy atom. The van der Waals surface area contributed by atoms with E-state index in [1.54, 1.807) is 13.0 Å². The molecule has 4 rings (SSSR count). The zero-order valence-electron chi connectivity index (χ0n) is 29.3. The van der Waals surface area contributed by atoms with Crippen LogP contribution >= 0.6 is 12.0 Å². The summed E-state index contributed by atoms with van der Waals surface area (Å²) in [6.07, 6.45) is 15.2. The first-order chi connectivity index (χ1) is 22.0. The molecular formula is C37H51N2O6S2+. The maximum Gasteiger partial charge on any atom is 0.294 e. The summed E-state index contributed by atoms with van der Waals surface area (Å²) in [6.45, 7) is 20.7. The van der Waals surface area contributed by atoms with Gasteiger partial charge in [0.05, 0.1) is 22.4 Å². The third-order valence-electron chi connectivity index (χ3n) is 9.52. The van der Waals surface area contributed by atoms with E-state index in [0.29, 0.717) is 11.5 Å². The molecular weight excluding hydrogens is 633 g/mol. The lowest BCUT2D eigenvalue weighted by molar-refractivity contribution is -0.438. The van der Waals surface area contributed by atoms with E-state index in [0.717, 1.165) is 59.0 Å². The van der Waals surface area contributed by atoms with Gasteiger partial charge in [-0.25, -0.2) is 5.26 Å². The topological polar surface area (TPSA) is 99.3 Å². The van der Waals surface area contributed by atoms with E-state index in [-0.39, 0.29) is 10.3 Å². The molecule has 256 valence electrons. The van der Waals surface area contributed by atoms with E-state index >= 15 is 0 Å². The standard InChI is InChI=1S/C37H50N2O6S2/c1-10-38-30-22-27(5)33(47(41,42)43)24-29(30)37(8,9)34(38)18-14-11-15-19-35-36(6,7)28-23-32(46-45-44-40)26(4)21-31(28)39(35)20-16-12-13-17-25(2)3/h11,14-15,18-19,21-25H,10,12-13,16-17,20H2,1-9H3,(H-,40,41,42,43)/p+1. The van der Waals surface area contributed by atoms with Crippen LogP contribution in [0.5, 0.6) is 0 Å². The van der Waals surface area contributed by atoms with Gasteiger partial charge in [0.1, 0.15) is 6.54 Å². The van der Waals surface area contributed by atoms with E-state index in [4.69, 9.17) is 9.59 Å². The van der Waals surface area contributed by atoms with E-state index in [1.165, 1.54) is 36.2 Å². The molecule has 2 aliphatic heterocycles. The summed E-state index contributed by atoms with van der Waals surface area (Å²) in [5, 5.41) is 12.6. The zero-order valence-corrected chi connectivity index (χ0v) is 30.9. The van der Waals surface area contributed by atoms with Crippen LogP contribution in [0.15, 0.2) is 70.1 Å². The molecule has 0 aromatic heterocycles. The summed E-state index contributed by atoms with van der Waals surface area (Å²) in [4.78, 5) is 3.05. The number of benzene rings is 2. The molecule has 0 fully saturated rings. The lowest BCUT2D eigenvalue weighted by Crippen LogP contribution is -2.28. The Labute approximate surface area is 285 Å². The number of nitrogens with zero attached hydrogens (tertiary/aromatic N) is 2. The maximum absolute atomic E-state index is 12.1. The Balaban J connectivity index is 1.65. The van der Waals surface area contributed by atoms with Crippen molar-refractivity contribution >= 4 is 39.2 Å². The van der Waals surface area contributed by atoms with Crippen LogP contribution in [0.1, 0.15) is 96.4 Å². The minimum atomic E-state index is -4.33. The third-order valence-corrected chi connectivity index (χ3v) is 11.3. The van der Waals surface area contributed by atoms with Crippen molar-refractivity contribution in [3.63, 3.8) is 0 Å². The summed E-state index contributed by atoms with van der Waals surface area (Å²) in [7, 11) is -4.33. The van der Waals surface area contributed by atoms with Gasteiger partial charge in [0, 0.05) is 52.4 Å². The number of likely N-dealkylation sites (N-methyl/N-ethyl adjacent to an activating group) is 1. The molecule has 0 spiro atoms. The second kappa shape index (κ2) is 14.8. The second-order valence-electron chi connectivity index (χ2n) is 14.0. The monoisotopic (exact) mass is 683 g/mol. The van der Waals surface area contributed by atoms with Gasteiger partial charge in [-0.1, -0.05) is 63.8 Å². The van der Waals surface area contributed by atoms with Crippen molar-refractivity contribution in [2.75, 3.05) is 18.0 Å². The highest BCUT2D eigenvalue weighted by atomic mass is 32.2. The predicted octanol–water partition coefficient (Wildman–Crippen LogP) is 9.39. The molecule has 8 nitrogen and oxygen atoms in total. The quantitative estimate of drug-likeness (QED) is 0.0387. The molecule has 2 N–H and O–H groups in total. The summed E-state index contributed by atoms with van der Waals surface area (Å²) < 4.78 is 41.2. The highest BCUT2D eigenvalue weighted by Gasteiger charge is 2.45. The number of allylic oxidation sites excluding steroid dienone is 6. The van der Waals surface area contributed by atoms with Crippen LogP contribution < -0.4 is 4.90 Å². The summed E-state index contributed by atoms with van der Waals surface area (Å²) in [5.41, 5.74) is 7.35. The lowest BCUT2D eigenvalue weighted by Gasteiger charge is -2.25. The molecule has 0 aliphatic carbocycles. The average molecular weight is 684 g/mol. The minimum absolute atomic E-state index is 0.0445. The van der Waals surface area contributed by atoms with Gasteiger partial charge >= 0.3 is 0 Å². The summed E-state index contributed by atoms with van der Waals surface area (Å²) >= 11 is 0.998. The Hall–Kier alpha value is -2.73. The molecule has 47 heavy (non-hydrogen) atoms. The van der Waals surface area contributed by atoms with E-state index < -0.39 is 15.5 Å². The largest absolute Gasteiger partial charge is 0.344 e. The number of rotatable bonds is 14. The first-order valence-electron chi connectivity index (χ1n) is 16.5. The van der Waals surface area contributed by atoms with Crippen LogP contribution in [0.2, 0.25) is 0 Å². The van der Waals surface area contributed by atoms with Gasteiger partial charge in [-0.05, 0) is 87.9 Å². The molecule has 10 heteroatoms. The van der Waals surface area contributed by atoms with Crippen molar-refractivity contribution < 1.29 is 32.2 Å². The van der Waals surface area contributed by atoms with Gasteiger partial charge in [-0.15, -0.1) is 4.33 Å². The van der Waals surface area contributed by atoms with Crippen LogP contribution in [0, 0.1) is 19.8 Å². The maximum atomic E-state index is 12.1. The Bertz CT molecular complexity index is 1720. The van der Waals surface area contributed by atoms with Gasteiger partial charge in [0.25, 0.3) is 10.1 Å². The fourth-order valence-electron chi connectivity index (χ4n) is 6.96. The van der Waals surface area contributed by atoms with Crippen molar-refractivity contribution in [3.8, 4) is 0 Å². The number of fused-ring (bicyclic) bond motifs is 2. The molecule has 0 amide bonds. The first kappa shape index (κ1) is 37.1. The molecule has 2 aromatic carbocycles. The van der Waals surface area contributed by atoms with Gasteiger partial charge in [-0.3, -0.25) is 4.55 Å². The summed E-state index contributed by atoms with van der Waals surface area (Å²) in [6, 6.07) is 7.81. The molecule has 0 saturated carbocycles. The highest BCUT2D eigenvalue weighted by Crippen LogP contribution is 2.49. The average Bonchev–Trinajstić information content (AvgIpc) is 3.31. The summed E-state index contributed by atoms with van der Waals surface area (Å²) in [5.74, 6) is 0.712. The van der Waals surface area contributed by atoms with Crippen molar-refractivity contribution in [1.29, 1.82) is 0 Å². The molecule has 0 unspecified atom stereocenters. The number of anilines is 1. The Kier molecular flexibility index (Phi) is 11.7. The van der Waals surface area contributed by atoms with E-state index in [2.05, 4.69) is 93.3 Å². The number of unbranched alkanes of at least 4 members (excludes halogenated alkanes) is 2. The SMILES string of the molecule is CCN1/C(=C/C=C/C=C/C2=[N+](CCCCCC(C)C)c3cc(C)c(SOOO)cc3C2(C)C)C(C)(C)c2cc(S(=O)(=O)O)c(C)cc21. The number of hydrogen-bond donors (Lipinski definition) is 2. The molecule has 2 aliphatic rings.